The molecule has 6 nitrogen and oxygen atoms in total. The number of hydrogen-bond acceptors (Lipinski definition) is 5. The van der Waals surface area contributed by atoms with Crippen LogP contribution in [0, 0.1) is 0 Å². The van der Waals surface area contributed by atoms with Crippen molar-refractivity contribution in [3.05, 3.63) is 52.2 Å². The summed E-state index contributed by atoms with van der Waals surface area (Å²) in [4.78, 5) is 27.0. The second-order valence-electron chi connectivity index (χ2n) is 6.53. The van der Waals surface area contributed by atoms with E-state index >= 15 is 0 Å². The molecule has 2 atom stereocenters. The van der Waals surface area contributed by atoms with Crippen molar-refractivity contribution in [1.82, 2.24) is 15.5 Å². The second kappa shape index (κ2) is 10.1. The summed E-state index contributed by atoms with van der Waals surface area (Å²) in [6, 6.07) is 11.4. The minimum Gasteiger partial charge on any atom is -0.497 e. The van der Waals surface area contributed by atoms with E-state index in [1.54, 1.807) is 7.11 Å². The minimum atomic E-state index is -0.304. The Hall–Kier alpha value is -2.38. The number of hydrogen-bond donors (Lipinski definition) is 2. The number of thiophene rings is 1. The number of nitrogens with one attached hydrogen (secondary N) is 2. The largest absolute Gasteiger partial charge is 0.497 e. The molecule has 0 bridgehead atoms. The highest BCUT2D eigenvalue weighted by Crippen LogP contribution is 2.23. The van der Waals surface area contributed by atoms with Gasteiger partial charge in [-0.15, -0.1) is 11.3 Å². The Balaban J connectivity index is 1.98. The molecule has 0 saturated carbocycles. The zero-order valence-corrected chi connectivity index (χ0v) is 17.0. The van der Waals surface area contributed by atoms with Crippen molar-refractivity contribution in [3.8, 4) is 5.75 Å². The van der Waals surface area contributed by atoms with Crippen LogP contribution in [-0.4, -0.2) is 44.5 Å². The molecule has 0 aliphatic carbocycles. The highest BCUT2D eigenvalue weighted by Gasteiger charge is 2.20. The first kappa shape index (κ1) is 20.9. The number of ether oxygens (including phenoxy) is 1. The third-order valence-corrected chi connectivity index (χ3v) is 5.26. The first-order chi connectivity index (χ1) is 12.9. The highest BCUT2D eigenvalue weighted by molar-refractivity contribution is 7.10. The van der Waals surface area contributed by atoms with Gasteiger partial charge in [0, 0.05) is 18.3 Å². The van der Waals surface area contributed by atoms with Gasteiger partial charge in [0.15, 0.2) is 0 Å². The molecule has 1 heterocycles. The number of rotatable bonds is 9. The highest BCUT2D eigenvalue weighted by atomic mass is 32.1. The van der Waals surface area contributed by atoms with Gasteiger partial charge in [-0.25, -0.2) is 0 Å². The van der Waals surface area contributed by atoms with Crippen LogP contribution in [0.5, 0.6) is 5.75 Å². The number of benzene rings is 1. The maximum absolute atomic E-state index is 12.5. The lowest BCUT2D eigenvalue weighted by Gasteiger charge is -2.26. The SMILES string of the molecule is COc1ccc(C(CNC(=O)CC(NC(C)=O)c2cccs2)N(C)C)cc1. The van der Waals surface area contributed by atoms with Crippen molar-refractivity contribution in [2.24, 2.45) is 0 Å². The molecule has 0 aliphatic rings. The van der Waals surface area contributed by atoms with E-state index in [0.29, 0.717) is 6.54 Å². The summed E-state index contributed by atoms with van der Waals surface area (Å²) < 4.78 is 5.20. The van der Waals surface area contributed by atoms with Gasteiger partial charge in [-0.3, -0.25) is 9.59 Å². The van der Waals surface area contributed by atoms with Crippen LogP contribution in [0.2, 0.25) is 0 Å². The molecule has 7 heteroatoms. The lowest BCUT2D eigenvalue weighted by Crippen LogP contribution is -2.37. The summed E-state index contributed by atoms with van der Waals surface area (Å²) in [6.07, 6.45) is 0.211. The van der Waals surface area contributed by atoms with Crippen LogP contribution < -0.4 is 15.4 Å². The van der Waals surface area contributed by atoms with E-state index in [4.69, 9.17) is 4.74 Å². The van der Waals surface area contributed by atoms with Gasteiger partial charge in [0.25, 0.3) is 0 Å². The Labute approximate surface area is 164 Å². The van der Waals surface area contributed by atoms with Crippen LogP contribution in [0.4, 0.5) is 0 Å². The van der Waals surface area contributed by atoms with E-state index in [0.717, 1.165) is 16.2 Å². The van der Waals surface area contributed by atoms with Gasteiger partial charge < -0.3 is 20.3 Å². The Morgan fingerprint density at radius 2 is 1.89 bits per heavy atom. The molecule has 2 rings (SSSR count). The maximum atomic E-state index is 12.5. The molecule has 0 radical (unpaired) electrons. The molecule has 0 fully saturated rings. The standard InChI is InChI=1S/C20H27N3O3S/c1-14(24)22-17(19-6-5-11-27-19)12-20(25)21-13-18(23(2)3)15-7-9-16(26-4)10-8-15/h5-11,17-18H,12-13H2,1-4H3,(H,21,25)(H,22,24). The number of carbonyl (C=O) groups is 2. The molecule has 146 valence electrons. The first-order valence-electron chi connectivity index (χ1n) is 8.78. The smallest absolute Gasteiger partial charge is 0.222 e. The van der Waals surface area contributed by atoms with Crippen LogP contribution in [0.3, 0.4) is 0 Å². The van der Waals surface area contributed by atoms with Crippen LogP contribution in [0.15, 0.2) is 41.8 Å². The molecule has 2 aromatic rings. The predicted octanol–water partition coefficient (Wildman–Crippen LogP) is 2.74. The van der Waals surface area contributed by atoms with Crippen LogP contribution >= 0.6 is 11.3 Å². The first-order valence-corrected chi connectivity index (χ1v) is 9.66. The van der Waals surface area contributed by atoms with Gasteiger partial charge in [0.1, 0.15) is 5.75 Å². The molecule has 2 unspecified atom stereocenters. The van der Waals surface area contributed by atoms with Crippen molar-refractivity contribution in [2.75, 3.05) is 27.7 Å². The normalized spacial score (nSPS) is 13.1. The molecule has 2 amide bonds. The summed E-state index contributed by atoms with van der Waals surface area (Å²) >= 11 is 1.53. The molecule has 27 heavy (non-hydrogen) atoms. The number of carbonyl (C=O) groups excluding carboxylic acids is 2. The van der Waals surface area contributed by atoms with Gasteiger partial charge in [-0.1, -0.05) is 18.2 Å². The van der Waals surface area contributed by atoms with Gasteiger partial charge in [-0.2, -0.15) is 0 Å². The van der Waals surface area contributed by atoms with E-state index < -0.39 is 0 Å². The molecule has 1 aromatic carbocycles. The average molecular weight is 390 g/mol. The number of amides is 2. The van der Waals surface area contributed by atoms with E-state index in [9.17, 15) is 9.59 Å². The minimum absolute atomic E-state index is 0.0424. The van der Waals surface area contributed by atoms with Crippen molar-refractivity contribution >= 4 is 23.2 Å². The van der Waals surface area contributed by atoms with E-state index in [1.165, 1.54) is 18.3 Å². The second-order valence-corrected chi connectivity index (χ2v) is 7.51. The van der Waals surface area contributed by atoms with Gasteiger partial charge in [0.05, 0.1) is 25.6 Å². The summed E-state index contributed by atoms with van der Waals surface area (Å²) in [5.41, 5.74) is 1.10. The fraction of sp³-hybridized carbons (Fsp3) is 0.400. The molecule has 2 N–H and O–H groups in total. The predicted molar refractivity (Wildman–Crippen MR) is 108 cm³/mol. The molecule has 1 aromatic heterocycles. The monoisotopic (exact) mass is 389 g/mol. The molecule has 0 saturated heterocycles. The molecule has 0 aliphatic heterocycles. The lowest BCUT2D eigenvalue weighted by atomic mass is 10.1. The van der Waals surface area contributed by atoms with Gasteiger partial charge in [0.2, 0.25) is 11.8 Å². The summed E-state index contributed by atoms with van der Waals surface area (Å²) in [5, 5.41) is 7.79. The Kier molecular flexibility index (Phi) is 7.82. The summed E-state index contributed by atoms with van der Waals surface area (Å²) in [6.45, 7) is 1.94. The third-order valence-electron chi connectivity index (χ3n) is 4.27. The van der Waals surface area contributed by atoms with Crippen molar-refractivity contribution < 1.29 is 14.3 Å². The van der Waals surface area contributed by atoms with Crippen LogP contribution in [-0.2, 0) is 9.59 Å². The fourth-order valence-electron chi connectivity index (χ4n) is 2.85. The number of likely N-dealkylation sites (N-methyl/N-ethyl adjacent to an activating group) is 1. The van der Waals surface area contributed by atoms with Crippen molar-refractivity contribution in [1.29, 1.82) is 0 Å². The Bertz CT molecular complexity index is 729. The van der Waals surface area contributed by atoms with E-state index in [1.807, 2.05) is 55.9 Å². The van der Waals surface area contributed by atoms with E-state index in [-0.39, 0.29) is 30.3 Å². The summed E-state index contributed by atoms with van der Waals surface area (Å²) in [7, 11) is 5.59. The lowest BCUT2D eigenvalue weighted by molar-refractivity contribution is -0.122. The van der Waals surface area contributed by atoms with Gasteiger partial charge >= 0.3 is 0 Å². The van der Waals surface area contributed by atoms with Crippen LogP contribution in [0.25, 0.3) is 0 Å². The average Bonchev–Trinajstić information content (AvgIpc) is 3.16. The number of methoxy groups -OCH3 is 1. The fourth-order valence-corrected chi connectivity index (χ4v) is 3.63. The Morgan fingerprint density at radius 3 is 2.41 bits per heavy atom. The zero-order chi connectivity index (χ0) is 19.8. The Morgan fingerprint density at radius 1 is 1.19 bits per heavy atom. The number of nitrogens with zero attached hydrogens (tertiary/aromatic N) is 1. The molecule has 0 spiro atoms. The molecular weight excluding hydrogens is 362 g/mol. The molecular formula is C20H27N3O3S. The maximum Gasteiger partial charge on any atom is 0.222 e. The van der Waals surface area contributed by atoms with Crippen molar-refractivity contribution in [3.63, 3.8) is 0 Å². The van der Waals surface area contributed by atoms with Gasteiger partial charge in [-0.05, 0) is 43.2 Å². The van der Waals surface area contributed by atoms with Crippen molar-refractivity contribution in [2.45, 2.75) is 25.4 Å². The zero-order valence-electron chi connectivity index (χ0n) is 16.2. The summed E-state index contributed by atoms with van der Waals surface area (Å²) in [5.74, 6) is 0.558. The topological polar surface area (TPSA) is 70.7 Å². The quantitative estimate of drug-likeness (QED) is 0.692. The van der Waals surface area contributed by atoms with E-state index in [2.05, 4.69) is 15.5 Å². The third kappa shape index (κ3) is 6.37. The van der Waals surface area contributed by atoms with Crippen LogP contribution in [0.1, 0.15) is 35.9 Å².